The molecule has 0 aliphatic heterocycles. The summed E-state index contributed by atoms with van der Waals surface area (Å²) in [5, 5.41) is 6.51. The van der Waals surface area contributed by atoms with Crippen molar-refractivity contribution in [3.63, 3.8) is 0 Å². The van der Waals surface area contributed by atoms with E-state index >= 15 is 0 Å². The van der Waals surface area contributed by atoms with E-state index in [1.807, 2.05) is 18.3 Å². The topological polar surface area (TPSA) is 46.9 Å². The Morgan fingerprint density at radius 2 is 1.93 bits per heavy atom. The number of nitrogens with zero attached hydrogens (tertiary/aromatic N) is 2. The van der Waals surface area contributed by atoms with Crippen molar-refractivity contribution in [3.05, 3.63) is 77.7 Å². The molecule has 0 bridgehead atoms. The van der Waals surface area contributed by atoms with Gasteiger partial charge in [-0.2, -0.15) is 0 Å². The molecule has 4 aromatic rings. The third kappa shape index (κ3) is 3.90. The summed E-state index contributed by atoms with van der Waals surface area (Å²) in [4.78, 5) is 16.6. The average Bonchev–Trinajstić information content (AvgIpc) is 3.30. The summed E-state index contributed by atoms with van der Waals surface area (Å²) in [6.07, 6.45) is 2.22. The second-order valence-electron chi connectivity index (χ2n) is 6.22. The molecule has 2 aromatic carbocycles. The molecule has 0 radical (unpaired) electrons. The van der Waals surface area contributed by atoms with Gasteiger partial charge in [0.25, 0.3) is 0 Å². The molecule has 0 spiro atoms. The fourth-order valence-electron chi connectivity index (χ4n) is 3.02. The molecule has 136 valence electrons. The van der Waals surface area contributed by atoms with E-state index < -0.39 is 0 Å². The number of aromatic nitrogens is 2. The van der Waals surface area contributed by atoms with Gasteiger partial charge in [-0.3, -0.25) is 4.79 Å². The number of thiazole rings is 1. The highest BCUT2D eigenvalue weighted by Gasteiger charge is 2.11. The van der Waals surface area contributed by atoms with E-state index in [9.17, 15) is 9.18 Å². The maximum absolute atomic E-state index is 13.8. The molecule has 6 heteroatoms. The van der Waals surface area contributed by atoms with Crippen LogP contribution in [0.3, 0.4) is 0 Å². The van der Waals surface area contributed by atoms with Crippen LogP contribution in [-0.2, 0) is 17.8 Å². The van der Waals surface area contributed by atoms with Crippen LogP contribution in [0.25, 0.3) is 21.5 Å². The lowest BCUT2D eigenvalue weighted by molar-refractivity contribution is -0.120. The molecule has 2 aromatic heterocycles. The maximum atomic E-state index is 13.8. The summed E-state index contributed by atoms with van der Waals surface area (Å²) >= 11 is 1.35. The van der Waals surface area contributed by atoms with E-state index in [1.165, 1.54) is 22.8 Å². The largest absolute Gasteiger partial charge is 0.354 e. The van der Waals surface area contributed by atoms with Gasteiger partial charge in [-0.15, -0.1) is 11.3 Å². The van der Waals surface area contributed by atoms with E-state index in [-0.39, 0.29) is 18.1 Å². The normalized spacial score (nSPS) is 11.0. The van der Waals surface area contributed by atoms with E-state index in [4.69, 9.17) is 0 Å². The Bertz CT molecular complexity index is 1090. The van der Waals surface area contributed by atoms with Gasteiger partial charge in [-0.25, -0.2) is 9.37 Å². The van der Waals surface area contributed by atoms with Crippen molar-refractivity contribution in [2.45, 2.75) is 13.0 Å². The molecule has 0 fully saturated rings. The number of hydrogen-bond donors (Lipinski definition) is 1. The van der Waals surface area contributed by atoms with Crippen LogP contribution >= 0.6 is 11.3 Å². The molecule has 1 amide bonds. The van der Waals surface area contributed by atoms with E-state index in [0.29, 0.717) is 29.4 Å². The van der Waals surface area contributed by atoms with Crippen molar-refractivity contribution in [2.24, 2.45) is 0 Å². The quantitative estimate of drug-likeness (QED) is 0.544. The van der Waals surface area contributed by atoms with Gasteiger partial charge in [-0.05, 0) is 29.7 Å². The smallest absolute Gasteiger partial charge is 0.226 e. The third-order valence-corrected chi connectivity index (χ3v) is 5.28. The van der Waals surface area contributed by atoms with Gasteiger partial charge < -0.3 is 9.88 Å². The van der Waals surface area contributed by atoms with Gasteiger partial charge in [0.05, 0.1) is 12.1 Å². The van der Waals surface area contributed by atoms with Gasteiger partial charge >= 0.3 is 0 Å². The first kappa shape index (κ1) is 17.4. The number of rotatable bonds is 6. The van der Waals surface area contributed by atoms with Crippen molar-refractivity contribution in [3.8, 4) is 10.6 Å². The van der Waals surface area contributed by atoms with Crippen molar-refractivity contribution in [1.82, 2.24) is 14.9 Å². The molecule has 0 unspecified atom stereocenters. The predicted molar refractivity (Wildman–Crippen MR) is 106 cm³/mol. The zero-order valence-electron chi connectivity index (χ0n) is 14.6. The Morgan fingerprint density at radius 3 is 2.81 bits per heavy atom. The first-order valence-corrected chi connectivity index (χ1v) is 9.58. The molecule has 0 saturated heterocycles. The van der Waals surface area contributed by atoms with Crippen LogP contribution in [0.4, 0.5) is 4.39 Å². The summed E-state index contributed by atoms with van der Waals surface area (Å²) < 4.78 is 16.0. The zero-order chi connectivity index (χ0) is 18.6. The highest BCUT2D eigenvalue weighted by molar-refractivity contribution is 7.13. The summed E-state index contributed by atoms with van der Waals surface area (Å²) in [7, 11) is 0. The number of nitrogens with one attached hydrogen (secondary N) is 1. The van der Waals surface area contributed by atoms with E-state index in [1.54, 1.807) is 23.6 Å². The van der Waals surface area contributed by atoms with Crippen molar-refractivity contribution >= 4 is 28.1 Å². The lowest BCUT2D eigenvalue weighted by Crippen LogP contribution is -2.28. The molecule has 4 nitrogen and oxygen atoms in total. The molecular formula is C21H18FN3OS. The summed E-state index contributed by atoms with van der Waals surface area (Å²) in [6, 6.07) is 16.7. The molecule has 1 N–H and O–H groups in total. The first-order chi connectivity index (χ1) is 13.2. The van der Waals surface area contributed by atoms with Gasteiger partial charge in [0.2, 0.25) is 5.91 Å². The number of carbonyl (C=O) groups excluding carboxylic acids is 1. The molecule has 0 aliphatic carbocycles. The third-order valence-electron chi connectivity index (χ3n) is 4.35. The Kier molecular flexibility index (Phi) is 4.98. The second-order valence-corrected chi connectivity index (χ2v) is 7.08. The molecule has 27 heavy (non-hydrogen) atoms. The Morgan fingerprint density at radius 1 is 1.11 bits per heavy atom. The number of hydrogen-bond acceptors (Lipinski definition) is 3. The molecule has 0 saturated carbocycles. The lowest BCUT2D eigenvalue weighted by Gasteiger charge is -2.07. The summed E-state index contributed by atoms with van der Waals surface area (Å²) in [5.74, 6) is -0.390. The highest BCUT2D eigenvalue weighted by atomic mass is 32.1. The maximum Gasteiger partial charge on any atom is 0.226 e. The standard InChI is InChI=1S/C21H18FN3OS/c22-18-7-3-2-6-17(18)21-24-16(14-27-21)13-20(26)23-10-12-25-11-9-15-5-1-4-8-19(15)25/h1-9,11,14H,10,12-13H2,(H,23,26). The van der Waals surface area contributed by atoms with Crippen LogP contribution in [0.1, 0.15) is 5.69 Å². The van der Waals surface area contributed by atoms with Crippen LogP contribution in [-0.4, -0.2) is 22.0 Å². The highest BCUT2D eigenvalue weighted by Crippen LogP contribution is 2.26. The van der Waals surface area contributed by atoms with Crippen molar-refractivity contribution in [2.75, 3.05) is 6.54 Å². The van der Waals surface area contributed by atoms with Gasteiger partial charge in [-0.1, -0.05) is 30.3 Å². The van der Waals surface area contributed by atoms with Crippen LogP contribution in [0.5, 0.6) is 0 Å². The second kappa shape index (κ2) is 7.72. The average molecular weight is 379 g/mol. The molecule has 2 heterocycles. The fourth-order valence-corrected chi connectivity index (χ4v) is 3.87. The molecule has 0 aliphatic rings. The fraction of sp³-hybridized carbons (Fsp3) is 0.143. The number of amides is 1. The summed E-state index contributed by atoms with van der Waals surface area (Å²) in [5.41, 5.74) is 2.27. The molecule has 0 atom stereocenters. The number of fused-ring (bicyclic) bond motifs is 1. The monoisotopic (exact) mass is 379 g/mol. The van der Waals surface area contributed by atoms with Gasteiger partial charge in [0.15, 0.2) is 0 Å². The van der Waals surface area contributed by atoms with Crippen molar-refractivity contribution < 1.29 is 9.18 Å². The summed E-state index contributed by atoms with van der Waals surface area (Å²) in [6.45, 7) is 1.25. The van der Waals surface area contributed by atoms with Crippen LogP contribution in [0, 0.1) is 5.82 Å². The number of carbonyl (C=O) groups is 1. The van der Waals surface area contributed by atoms with E-state index in [2.05, 4.69) is 33.1 Å². The van der Waals surface area contributed by atoms with Crippen LogP contribution < -0.4 is 5.32 Å². The minimum absolute atomic E-state index is 0.0863. The van der Waals surface area contributed by atoms with Crippen LogP contribution in [0.15, 0.2) is 66.2 Å². The van der Waals surface area contributed by atoms with Gasteiger partial charge in [0.1, 0.15) is 10.8 Å². The first-order valence-electron chi connectivity index (χ1n) is 8.70. The number of para-hydroxylation sites is 1. The molecular weight excluding hydrogens is 361 g/mol. The van der Waals surface area contributed by atoms with E-state index in [0.717, 1.165) is 5.52 Å². The minimum Gasteiger partial charge on any atom is -0.354 e. The lowest BCUT2D eigenvalue weighted by atomic mass is 10.2. The Labute approximate surface area is 160 Å². The minimum atomic E-state index is -0.304. The van der Waals surface area contributed by atoms with Gasteiger partial charge in [0, 0.05) is 35.7 Å². The zero-order valence-corrected chi connectivity index (χ0v) is 15.4. The number of benzene rings is 2. The van der Waals surface area contributed by atoms with Crippen LogP contribution in [0.2, 0.25) is 0 Å². The Balaban J connectivity index is 1.33. The number of halogens is 1. The SMILES string of the molecule is O=C(Cc1csc(-c2ccccc2F)n1)NCCn1ccc2ccccc21. The predicted octanol–water partition coefficient (Wildman–Crippen LogP) is 4.26. The molecule has 4 rings (SSSR count). The Hall–Kier alpha value is -2.99. The van der Waals surface area contributed by atoms with Crippen molar-refractivity contribution in [1.29, 1.82) is 0 Å².